The van der Waals surface area contributed by atoms with Crippen molar-refractivity contribution in [1.82, 2.24) is 5.32 Å². The van der Waals surface area contributed by atoms with E-state index in [1.807, 2.05) is 39.0 Å². The Bertz CT molecular complexity index is 1160. The number of hydrogen-bond donors (Lipinski definition) is 1. The van der Waals surface area contributed by atoms with Crippen molar-refractivity contribution in [3.63, 3.8) is 0 Å². The van der Waals surface area contributed by atoms with E-state index in [-0.39, 0.29) is 16.6 Å². The van der Waals surface area contributed by atoms with E-state index >= 15 is 0 Å². The molecule has 0 saturated carbocycles. The van der Waals surface area contributed by atoms with Crippen molar-refractivity contribution < 1.29 is 17.6 Å². The molecule has 0 saturated heterocycles. The smallest absolute Gasteiger partial charge is 0.264 e. The van der Waals surface area contributed by atoms with Gasteiger partial charge < -0.3 is 5.32 Å². The maximum absolute atomic E-state index is 13.4. The molecule has 162 valence electrons. The summed E-state index contributed by atoms with van der Waals surface area (Å²) in [6.45, 7) is 5.42. The summed E-state index contributed by atoms with van der Waals surface area (Å²) < 4.78 is 40.9. The Morgan fingerprint density at radius 1 is 0.968 bits per heavy atom. The highest BCUT2D eigenvalue weighted by atomic mass is 32.2. The van der Waals surface area contributed by atoms with Gasteiger partial charge in [-0.25, -0.2) is 12.8 Å². The molecule has 5 nitrogen and oxygen atoms in total. The molecule has 3 aromatic rings. The van der Waals surface area contributed by atoms with Crippen LogP contribution >= 0.6 is 0 Å². The second kappa shape index (κ2) is 9.31. The lowest BCUT2D eigenvalue weighted by Crippen LogP contribution is -2.41. The number of nitrogens with zero attached hydrogens (tertiary/aromatic N) is 1. The quantitative estimate of drug-likeness (QED) is 0.588. The number of carbonyl (C=O) groups excluding carboxylic acids is 1. The van der Waals surface area contributed by atoms with Crippen LogP contribution in [0.1, 0.15) is 29.7 Å². The predicted molar refractivity (Wildman–Crippen MR) is 120 cm³/mol. The number of amides is 1. The molecule has 31 heavy (non-hydrogen) atoms. The average molecular weight is 441 g/mol. The molecule has 7 heteroatoms. The summed E-state index contributed by atoms with van der Waals surface area (Å²) in [7, 11) is -4.02. The Kier molecular flexibility index (Phi) is 6.75. The molecular weight excluding hydrogens is 415 g/mol. The number of rotatable bonds is 7. The lowest BCUT2D eigenvalue weighted by Gasteiger charge is -2.25. The maximum Gasteiger partial charge on any atom is 0.264 e. The van der Waals surface area contributed by atoms with E-state index in [0.717, 1.165) is 21.0 Å². The third-order valence-electron chi connectivity index (χ3n) is 5.14. The van der Waals surface area contributed by atoms with Gasteiger partial charge in [-0.15, -0.1) is 0 Å². The third kappa shape index (κ3) is 5.30. The summed E-state index contributed by atoms with van der Waals surface area (Å²) in [6.07, 6.45) is 0. The van der Waals surface area contributed by atoms with E-state index in [1.165, 1.54) is 36.4 Å². The summed E-state index contributed by atoms with van der Waals surface area (Å²) in [5.41, 5.74) is 3.40. The van der Waals surface area contributed by atoms with Crippen molar-refractivity contribution in [2.24, 2.45) is 0 Å². The van der Waals surface area contributed by atoms with Crippen LogP contribution in [0.2, 0.25) is 0 Å². The van der Waals surface area contributed by atoms with Gasteiger partial charge in [0.1, 0.15) is 12.4 Å². The molecule has 0 aliphatic rings. The summed E-state index contributed by atoms with van der Waals surface area (Å²) in [4.78, 5) is 12.9. The fraction of sp³-hybridized carbons (Fsp3) is 0.208. The predicted octanol–water partition coefficient (Wildman–Crippen LogP) is 4.52. The van der Waals surface area contributed by atoms with Gasteiger partial charge in [0.25, 0.3) is 10.0 Å². The van der Waals surface area contributed by atoms with Crippen LogP contribution in [0.3, 0.4) is 0 Å². The monoisotopic (exact) mass is 440 g/mol. The van der Waals surface area contributed by atoms with Crippen LogP contribution < -0.4 is 9.62 Å². The van der Waals surface area contributed by atoms with Gasteiger partial charge in [-0.3, -0.25) is 9.10 Å². The zero-order valence-electron chi connectivity index (χ0n) is 17.7. The number of nitrogens with one attached hydrogen (secondary N) is 1. The number of halogens is 1. The van der Waals surface area contributed by atoms with Crippen molar-refractivity contribution in [2.45, 2.75) is 31.7 Å². The van der Waals surface area contributed by atoms with Gasteiger partial charge in [-0.1, -0.05) is 36.4 Å². The summed E-state index contributed by atoms with van der Waals surface area (Å²) in [6, 6.07) is 18.5. The summed E-state index contributed by atoms with van der Waals surface area (Å²) in [5, 5.41) is 2.86. The van der Waals surface area contributed by atoms with Gasteiger partial charge in [0.2, 0.25) is 5.91 Å². The first-order chi connectivity index (χ1) is 14.7. The van der Waals surface area contributed by atoms with E-state index < -0.39 is 28.3 Å². The highest BCUT2D eigenvalue weighted by Crippen LogP contribution is 2.24. The van der Waals surface area contributed by atoms with Gasteiger partial charge >= 0.3 is 0 Å². The van der Waals surface area contributed by atoms with E-state index in [1.54, 1.807) is 18.2 Å². The first-order valence-electron chi connectivity index (χ1n) is 9.88. The fourth-order valence-electron chi connectivity index (χ4n) is 3.18. The topological polar surface area (TPSA) is 66.5 Å². The summed E-state index contributed by atoms with van der Waals surface area (Å²) >= 11 is 0. The number of sulfonamides is 1. The van der Waals surface area contributed by atoms with Gasteiger partial charge in [-0.2, -0.15) is 0 Å². The molecule has 0 aromatic heterocycles. The Hall–Kier alpha value is -3.19. The minimum atomic E-state index is -4.02. The second-order valence-corrected chi connectivity index (χ2v) is 9.30. The zero-order chi connectivity index (χ0) is 22.6. The Labute approximate surface area is 182 Å². The molecule has 1 N–H and O–H groups in total. The van der Waals surface area contributed by atoms with Gasteiger partial charge in [0.05, 0.1) is 16.6 Å². The minimum absolute atomic E-state index is 0.0503. The Morgan fingerprint density at radius 2 is 1.61 bits per heavy atom. The lowest BCUT2D eigenvalue weighted by atomic mass is 10.0. The van der Waals surface area contributed by atoms with Crippen LogP contribution in [0.25, 0.3) is 0 Å². The first-order valence-corrected chi connectivity index (χ1v) is 11.3. The zero-order valence-corrected chi connectivity index (χ0v) is 18.5. The number of carbonyl (C=O) groups is 1. The maximum atomic E-state index is 13.4. The van der Waals surface area contributed by atoms with Crippen molar-refractivity contribution >= 4 is 21.6 Å². The fourth-order valence-corrected chi connectivity index (χ4v) is 4.62. The number of aryl methyl sites for hydroxylation is 2. The SMILES string of the molecule is Cc1ccc([C@@H](C)NC(=O)CN(c2ccc(F)cc2)S(=O)(=O)c2ccccc2)cc1C. The van der Waals surface area contributed by atoms with Crippen molar-refractivity contribution in [3.8, 4) is 0 Å². The average Bonchev–Trinajstić information content (AvgIpc) is 2.75. The van der Waals surface area contributed by atoms with E-state index in [2.05, 4.69) is 5.32 Å². The van der Waals surface area contributed by atoms with Crippen molar-refractivity contribution in [1.29, 1.82) is 0 Å². The van der Waals surface area contributed by atoms with Gasteiger partial charge in [0, 0.05) is 0 Å². The lowest BCUT2D eigenvalue weighted by molar-refractivity contribution is -0.120. The van der Waals surface area contributed by atoms with Crippen LogP contribution in [-0.2, 0) is 14.8 Å². The van der Waals surface area contributed by atoms with Crippen LogP contribution in [0.5, 0.6) is 0 Å². The van der Waals surface area contributed by atoms with Crippen LogP contribution in [0.15, 0.2) is 77.7 Å². The normalized spacial score (nSPS) is 12.3. The molecular formula is C24H25FN2O3S. The summed E-state index contributed by atoms with van der Waals surface area (Å²) in [5.74, 6) is -0.955. The van der Waals surface area contributed by atoms with Crippen LogP contribution in [-0.4, -0.2) is 20.9 Å². The molecule has 0 aliphatic carbocycles. The molecule has 1 amide bonds. The molecule has 3 rings (SSSR count). The molecule has 0 fully saturated rings. The van der Waals surface area contributed by atoms with Gasteiger partial charge in [0.15, 0.2) is 0 Å². The highest BCUT2D eigenvalue weighted by Gasteiger charge is 2.27. The van der Waals surface area contributed by atoms with E-state index in [9.17, 15) is 17.6 Å². The molecule has 0 aliphatic heterocycles. The minimum Gasteiger partial charge on any atom is -0.348 e. The second-order valence-electron chi connectivity index (χ2n) is 7.43. The van der Waals surface area contributed by atoms with Gasteiger partial charge in [-0.05, 0) is 73.9 Å². The van der Waals surface area contributed by atoms with Crippen molar-refractivity contribution in [3.05, 3.63) is 95.3 Å². The van der Waals surface area contributed by atoms with Crippen molar-refractivity contribution in [2.75, 3.05) is 10.8 Å². The molecule has 0 spiro atoms. The van der Waals surface area contributed by atoms with Crippen LogP contribution in [0.4, 0.5) is 10.1 Å². The Morgan fingerprint density at radius 3 is 2.23 bits per heavy atom. The number of hydrogen-bond acceptors (Lipinski definition) is 3. The molecule has 0 radical (unpaired) electrons. The molecule has 0 bridgehead atoms. The molecule has 0 heterocycles. The molecule has 3 aromatic carbocycles. The Balaban J connectivity index is 1.87. The largest absolute Gasteiger partial charge is 0.348 e. The van der Waals surface area contributed by atoms with Crippen LogP contribution in [0, 0.1) is 19.7 Å². The first kappa shape index (κ1) is 22.5. The molecule has 1 atom stereocenters. The van der Waals surface area contributed by atoms with E-state index in [0.29, 0.717) is 0 Å². The number of anilines is 1. The highest BCUT2D eigenvalue weighted by molar-refractivity contribution is 7.92. The van der Waals surface area contributed by atoms with E-state index in [4.69, 9.17) is 0 Å². The third-order valence-corrected chi connectivity index (χ3v) is 6.93. The molecule has 0 unspecified atom stereocenters. The standard InChI is InChI=1S/C24H25FN2O3S/c1-17-9-10-20(15-18(17)2)19(3)26-24(28)16-27(22-13-11-21(25)12-14-22)31(29,30)23-7-5-4-6-8-23/h4-15,19H,16H2,1-3H3,(H,26,28)/t19-/m1/s1. The number of benzene rings is 3.